The summed E-state index contributed by atoms with van der Waals surface area (Å²) < 4.78 is 0. The van der Waals surface area contributed by atoms with E-state index in [1.165, 1.54) is 12.3 Å². The molecule has 5 nitrogen and oxygen atoms in total. The minimum absolute atomic E-state index is 0.0782. The van der Waals surface area contributed by atoms with Crippen LogP contribution in [0.15, 0.2) is 42.5 Å². The summed E-state index contributed by atoms with van der Waals surface area (Å²) in [4.78, 5) is 27.7. The van der Waals surface area contributed by atoms with Crippen LogP contribution in [0.4, 0.5) is 0 Å². The van der Waals surface area contributed by atoms with Gasteiger partial charge in [0.05, 0.1) is 6.42 Å². The predicted molar refractivity (Wildman–Crippen MR) is 92.5 cm³/mol. The second-order valence-corrected chi connectivity index (χ2v) is 6.24. The molecule has 2 aromatic carbocycles. The number of benzene rings is 2. The summed E-state index contributed by atoms with van der Waals surface area (Å²) in [6.45, 7) is 3.47. The smallest absolute Gasteiger partial charge is 0.251 e. The van der Waals surface area contributed by atoms with Crippen molar-refractivity contribution in [3.8, 4) is 0 Å². The van der Waals surface area contributed by atoms with Gasteiger partial charge in [0.2, 0.25) is 5.91 Å². The van der Waals surface area contributed by atoms with Gasteiger partial charge in [0.25, 0.3) is 5.91 Å². The van der Waals surface area contributed by atoms with Crippen LogP contribution in [-0.4, -0.2) is 59.0 Å². The molecule has 0 radical (unpaired) electrons. The molecule has 0 aromatic heterocycles. The molecule has 126 valence electrons. The van der Waals surface area contributed by atoms with Crippen LogP contribution in [-0.2, 0) is 16.0 Å². The molecule has 1 atom stereocenters. The van der Waals surface area contributed by atoms with Gasteiger partial charge in [0.1, 0.15) is 6.10 Å². The third-order valence-corrected chi connectivity index (χ3v) is 4.47. The number of carbonyl (C=O) groups is 2. The number of hydrogen-bond acceptors (Lipinski definition) is 3. The number of carbonyl (C=O) groups excluding carboxylic acids is 2. The van der Waals surface area contributed by atoms with Gasteiger partial charge in [-0.3, -0.25) is 9.59 Å². The third kappa shape index (κ3) is 3.57. The van der Waals surface area contributed by atoms with E-state index >= 15 is 0 Å². The zero-order valence-electron chi connectivity index (χ0n) is 13.8. The molecule has 2 aromatic rings. The number of aliphatic hydroxyl groups excluding tert-OH is 1. The van der Waals surface area contributed by atoms with Gasteiger partial charge in [-0.25, -0.2) is 0 Å². The lowest BCUT2D eigenvalue weighted by molar-refractivity contribution is -0.144. The highest BCUT2D eigenvalue weighted by atomic mass is 16.3. The average molecular weight is 326 g/mol. The maximum Gasteiger partial charge on any atom is 0.251 e. The standard InChI is InChI=1S/C19H22N2O3/c1-14(22)19(24)21-10-8-20(9-11-21)18(23)13-15-6-7-16-4-2-3-5-17(16)12-15/h2-7,12,14,22H,8-11,13H2,1H3. The van der Waals surface area contributed by atoms with E-state index in [9.17, 15) is 14.7 Å². The van der Waals surface area contributed by atoms with Crippen molar-refractivity contribution in [3.05, 3.63) is 48.0 Å². The second-order valence-electron chi connectivity index (χ2n) is 6.24. The average Bonchev–Trinajstić information content (AvgIpc) is 2.61. The fraction of sp³-hybridized carbons (Fsp3) is 0.368. The maximum atomic E-state index is 12.5. The van der Waals surface area contributed by atoms with Crippen LogP contribution >= 0.6 is 0 Å². The Morgan fingerprint density at radius 2 is 1.62 bits per heavy atom. The molecular weight excluding hydrogens is 304 g/mol. The number of rotatable bonds is 3. The van der Waals surface area contributed by atoms with Crippen molar-refractivity contribution in [3.63, 3.8) is 0 Å². The van der Waals surface area contributed by atoms with Crippen LogP contribution in [0.5, 0.6) is 0 Å². The van der Waals surface area contributed by atoms with Gasteiger partial charge < -0.3 is 14.9 Å². The Morgan fingerprint density at radius 1 is 1.00 bits per heavy atom. The first-order chi connectivity index (χ1) is 11.5. The minimum atomic E-state index is -0.982. The van der Waals surface area contributed by atoms with Crippen molar-refractivity contribution in [2.24, 2.45) is 0 Å². The fourth-order valence-corrected chi connectivity index (χ4v) is 3.08. The molecule has 5 heteroatoms. The summed E-state index contributed by atoms with van der Waals surface area (Å²) in [6, 6.07) is 14.2. The van der Waals surface area contributed by atoms with Crippen LogP contribution in [0.1, 0.15) is 12.5 Å². The Bertz CT molecular complexity index is 749. The van der Waals surface area contributed by atoms with Crippen LogP contribution in [0.2, 0.25) is 0 Å². The molecule has 1 N–H and O–H groups in total. The van der Waals surface area contributed by atoms with E-state index in [2.05, 4.69) is 12.1 Å². The van der Waals surface area contributed by atoms with Gasteiger partial charge >= 0.3 is 0 Å². The lowest BCUT2D eigenvalue weighted by Gasteiger charge is -2.35. The topological polar surface area (TPSA) is 60.9 Å². The van der Waals surface area contributed by atoms with Gasteiger partial charge in [0.15, 0.2) is 0 Å². The Labute approximate surface area is 141 Å². The molecule has 0 saturated carbocycles. The van der Waals surface area contributed by atoms with Gasteiger partial charge in [0, 0.05) is 26.2 Å². The van der Waals surface area contributed by atoms with E-state index in [4.69, 9.17) is 0 Å². The van der Waals surface area contributed by atoms with E-state index in [1.54, 1.807) is 9.80 Å². The number of piperazine rings is 1. The lowest BCUT2D eigenvalue weighted by atomic mass is 10.0. The second kappa shape index (κ2) is 7.01. The number of nitrogens with zero attached hydrogens (tertiary/aromatic N) is 2. The SMILES string of the molecule is CC(O)C(=O)N1CCN(C(=O)Cc2ccc3ccccc3c2)CC1. The Balaban J connectivity index is 1.60. The van der Waals surface area contributed by atoms with Crippen molar-refractivity contribution in [1.82, 2.24) is 9.80 Å². The molecular formula is C19H22N2O3. The quantitative estimate of drug-likeness (QED) is 0.928. The molecule has 1 fully saturated rings. The predicted octanol–water partition coefficient (Wildman–Crippen LogP) is 1.43. The highest BCUT2D eigenvalue weighted by Gasteiger charge is 2.25. The number of hydrogen-bond donors (Lipinski definition) is 1. The molecule has 3 rings (SSSR count). The van der Waals surface area contributed by atoms with Gasteiger partial charge in [-0.2, -0.15) is 0 Å². The van der Waals surface area contributed by atoms with Gasteiger partial charge in [-0.1, -0.05) is 42.5 Å². The molecule has 1 saturated heterocycles. The lowest BCUT2D eigenvalue weighted by Crippen LogP contribution is -2.52. The van der Waals surface area contributed by atoms with Crippen molar-refractivity contribution < 1.29 is 14.7 Å². The number of amides is 2. The third-order valence-electron chi connectivity index (χ3n) is 4.47. The molecule has 1 aliphatic heterocycles. The van der Waals surface area contributed by atoms with Gasteiger partial charge in [-0.15, -0.1) is 0 Å². The van der Waals surface area contributed by atoms with E-state index in [0.717, 1.165) is 10.9 Å². The number of fused-ring (bicyclic) bond motifs is 1. The molecule has 2 amide bonds. The number of aliphatic hydroxyl groups is 1. The van der Waals surface area contributed by atoms with E-state index in [-0.39, 0.29) is 11.8 Å². The minimum Gasteiger partial charge on any atom is -0.384 e. The Kier molecular flexibility index (Phi) is 4.81. The van der Waals surface area contributed by atoms with Crippen molar-refractivity contribution in [2.45, 2.75) is 19.4 Å². The zero-order chi connectivity index (χ0) is 17.1. The summed E-state index contributed by atoms with van der Waals surface area (Å²) in [7, 11) is 0. The normalized spacial score (nSPS) is 16.2. The van der Waals surface area contributed by atoms with Crippen molar-refractivity contribution >= 4 is 22.6 Å². The fourth-order valence-electron chi connectivity index (χ4n) is 3.08. The summed E-state index contributed by atoms with van der Waals surface area (Å²) in [6.07, 6.45) is -0.611. The maximum absolute atomic E-state index is 12.5. The molecule has 0 spiro atoms. The van der Waals surface area contributed by atoms with Crippen LogP contribution in [0.25, 0.3) is 10.8 Å². The van der Waals surface area contributed by atoms with Crippen molar-refractivity contribution in [2.75, 3.05) is 26.2 Å². The summed E-state index contributed by atoms with van der Waals surface area (Å²) >= 11 is 0. The molecule has 0 bridgehead atoms. The van der Waals surface area contributed by atoms with Crippen LogP contribution < -0.4 is 0 Å². The summed E-state index contributed by atoms with van der Waals surface area (Å²) in [5.41, 5.74) is 1.00. The highest BCUT2D eigenvalue weighted by Crippen LogP contribution is 2.17. The zero-order valence-corrected chi connectivity index (χ0v) is 13.8. The molecule has 24 heavy (non-hydrogen) atoms. The van der Waals surface area contributed by atoms with Crippen LogP contribution in [0.3, 0.4) is 0 Å². The van der Waals surface area contributed by atoms with Crippen molar-refractivity contribution in [1.29, 1.82) is 0 Å². The highest BCUT2D eigenvalue weighted by molar-refractivity contribution is 5.85. The molecule has 1 aliphatic rings. The largest absolute Gasteiger partial charge is 0.384 e. The van der Waals surface area contributed by atoms with E-state index < -0.39 is 6.10 Å². The van der Waals surface area contributed by atoms with E-state index in [0.29, 0.717) is 32.6 Å². The van der Waals surface area contributed by atoms with E-state index in [1.807, 2.05) is 30.3 Å². The molecule has 1 heterocycles. The first-order valence-electron chi connectivity index (χ1n) is 8.27. The first kappa shape index (κ1) is 16.5. The summed E-state index contributed by atoms with van der Waals surface area (Å²) in [5.74, 6) is -0.189. The Hall–Kier alpha value is -2.40. The van der Waals surface area contributed by atoms with Gasteiger partial charge in [-0.05, 0) is 23.3 Å². The monoisotopic (exact) mass is 326 g/mol. The molecule has 0 aliphatic carbocycles. The van der Waals surface area contributed by atoms with Crippen LogP contribution in [0, 0.1) is 0 Å². The first-order valence-corrected chi connectivity index (χ1v) is 8.27. The Morgan fingerprint density at radius 3 is 2.29 bits per heavy atom. The summed E-state index contributed by atoms with van der Waals surface area (Å²) in [5, 5.41) is 11.7. The molecule has 1 unspecified atom stereocenters.